The average molecular weight is 351 g/mol. The molecule has 0 aliphatic heterocycles. The molecule has 1 aromatic rings. The minimum Gasteiger partial charge on any atom is -0.357 e. The Hall–Kier alpha value is -1.69. The second-order valence-corrected chi connectivity index (χ2v) is 7.73. The van der Waals surface area contributed by atoms with Crippen molar-refractivity contribution in [3.05, 3.63) is 29.8 Å². The molecule has 1 amide bonds. The van der Waals surface area contributed by atoms with E-state index in [1.807, 2.05) is 36.0 Å². The van der Waals surface area contributed by atoms with Gasteiger partial charge in [-0.2, -0.15) is 11.8 Å². The molecule has 0 atom stereocenters. The molecule has 0 bridgehead atoms. The van der Waals surface area contributed by atoms with Gasteiger partial charge in [0.15, 0.2) is 5.96 Å². The molecule has 3 N–H and O–H groups in total. The zero-order valence-electron chi connectivity index (χ0n) is 15.4. The SMILES string of the molecule is CCNC(=NCC(C)(C)SC)NCCc1ccc(NC(C)=O)cc1. The highest BCUT2D eigenvalue weighted by atomic mass is 32.2. The van der Waals surface area contributed by atoms with E-state index in [4.69, 9.17) is 0 Å². The Kier molecular flexibility index (Phi) is 8.68. The van der Waals surface area contributed by atoms with Gasteiger partial charge in [0.1, 0.15) is 0 Å². The summed E-state index contributed by atoms with van der Waals surface area (Å²) in [4.78, 5) is 15.7. The van der Waals surface area contributed by atoms with Crippen molar-refractivity contribution in [3.63, 3.8) is 0 Å². The maximum absolute atomic E-state index is 11.0. The Morgan fingerprint density at radius 2 is 1.88 bits per heavy atom. The summed E-state index contributed by atoms with van der Waals surface area (Å²) < 4.78 is 0.141. The molecule has 0 unspecified atom stereocenters. The van der Waals surface area contributed by atoms with Crippen LogP contribution in [0.5, 0.6) is 0 Å². The van der Waals surface area contributed by atoms with Crippen molar-refractivity contribution in [2.24, 2.45) is 4.99 Å². The number of carbonyl (C=O) groups is 1. The Morgan fingerprint density at radius 1 is 1.21 bits per heavy atom. The zero-order chi connectivity index (χ0) is 18.0. The maximum Gasteiger partial charge on any atom is 0.221 e. The van der Waals surface area contributed by atoms with E-state index in [0.717, 1.165) is 37.7 Å². The van der Waals surface area contributed by atoms with Gasteiger partial charge >= 0.3 is 0 Å². The van der Waals surface area contributed by atoms with Gasteiger partial charge in [0, 0.05) is 30.4 Å². The summed E-state index contributed by atoms with van der Waals surface area (Å²) in [6.07, 6.45) is 3.01. The largest absolute Gasteiger partial charge is 0.357 e. The summed E-state index contributed by atoms with van der Waals surface area (Å²) in [6.45, 7) is 10.4. The molecule has 0 spiro atoms. The van der Waals surface area contributed by atoms with Crippen LogP contribution in [0.2, 0.25) is 0 Å². The lowest BCUT2D eigenvalue weighted by atomic mass is 10.1. The number of carbonyl (C=O) groups excluding carboxylic acids is 1. The highest BCUT2D eigenvalue weighted by Crippen LogP contribution is 2.20. The van der Waals surface area contributed by atoms with Gasteiger partial charge in [0.05, 0.1) is 6.54 Å². The topological polar surface area (TPSA) is 65.5 Å². The molecule has 0 heterocycles. The van der Waals surface area contributed by atoms with Crippen molar-refractivity contribution >= 4 is 29.3 Å². The quantitative estimate of drug-likeness (QED) is 0.498. The number of anilines is 1. The van der Waals surface area contributed by atoms with E-state index in [1.165, 1.54) is 12.5 Å². The number of benzene rings is 1. The fourth-order valence-electron chi connectivity index (χ4n) is 1.96. The molecule has 6 heteroatoms. The second-order valence-electron chi connectivity index (χ2n) is 6.21. The van der Waals surface area contributed by atoms with Crippen LogP contribution in [-0.2, 0) is 11.2 Å². The molecule has 0 saturated heterocycles. The summed E-state index contributed by atoms with van der Waals surface area (Å²) >= 11 is 1.82. The third-order valence-corrected chi connectivity index (χ3v) is 4.73. The molecular formula is C18H30N4OS. The number of nitrogens with zero attached hydrogens (tertiary/aromatic N) is 1. The molecule has 0 aromatic heterocycles. The molecule has 24 heavy (non-hydrogen) atoms. The summed E-state index contributed by atoms with van der Waals surface area (Å²) in [6, 6.07) is 7.93. The first-order valence-electron chi connectivity index (χ1n) is 8.30. The van der Waals surface area contributed by atoms with Gasteiger partial charge in [-0.05, 0) is 51.1 Å². The van der Waals surface area contributed by atoms with E-state index in [9.17, 15) is 4.79 Å². The fraction of sp³-hybridized carbons (Fsp3) is 0.556. The third-order valence-electron chi connectivity index (χ3n) is 3.50. The van der Waals surface area contributed by atoms with Crippen molar-refractivity contribution in [2.45, 2.75) is 38.9 Å². The van der Waals surface area contributed by atoms with Crippen LogP contribution in [0.15, 0.2) is 29.3 Å². The summed E-state index contributed by atoms with van der Waals surface area (Å²) in [5, 5.41) is 9.42. The van der Waals surface area contributed by atoms with Crippen LogP contribution in [0.3, 0.4) is 0 Å². The Morgan fingerprint density at radius 3 is 2.42 bits per heavy atom. The van der Waals surface area contributed by atoms with Crippen molar-refractivity contribution in [1.29, 1.82) is 0 Å². The van der Waals surface area contributed by atoms with E-state index < -0.39 is 0 Å². The Bertz CT molecular complexity index is 540. The lowest BCUT2D eigenvalue weighted by Gasteiger charge is -2.20. The van der Waals surface area contributed by atoms with E-state index in [-0.39, 0.29) is 10.7 Å². The van der Waals surface area contributed by atoms with Gasteiger partial charge in [-0.25, -0.2) is 0 Å². The van der Waals surface area contributed by atoms with Crippen LogP contribution in [0.1, 0.15) is 33.3 Å². The average Bonchev–Trinajstić information content (AvgIpc) is 2.54. The van der Waals surface area contributed by atoms with Crippen molar-refractivity contribution in [3.8, 4) is 0 Å². The van der Waals surface area contributed by atoms with Gasteiger partial charge in [0.2, 0.25) is 5.91 Å². The minimum absolute atomic E-state index is 0.0518. The van der Waals surface area contributed by atoms with E-state index in [1.54, 1.807) is 0 Å². The van der Waals surface area contributed by atoms with Crippen LogP contribution >= 0.6 is 11.8 Å². The van der Waals surface area contributed by atoms with E-state index in [2.05, 4.69) is 48.0 Å². The number of rotatable bonds is 8. The first-order valence-corrected chi connectivity index (χ1v) is 9.52. The lowest BCUT2D eigenvalue weighted by Crippen LogP contribution is -2.39. The van der Waals surface area contributed by atoms with Crippen molar-refractivity contribution in [2.75, 3.05) is 31.2 Å². The number of aliphatic imine (C=N–C) groups is 1. The molecule has 5 nitrogen and oxygen atoms in total. The first-order chi connectivity index (χ1) is 11.4. The molecule has 0 aliphatic rings. The molecule has 1 aromatic carbocycles. The van der Waals surface area contributed by atoms with Crippen molar-refractivity contribution < 1.29 is 4.79 Å². The predicted octanol–water partition coefficient (Wildman–Crippen LogP) is 2.88. The van der Waals surface area contributed by atoms with Gasteiger partial charge < -0.3 is 16.0 Å². The number of hydrogen-bond donors (Lipinski definition) is 3. The normalized spacial score (nSPS) is 12.0. The third kappa shape index (κ3) is 8.24. The highest BCUT2D eigenvalue weighted by molar-refractivity contribution is 7.99. The predicted molar refractivity (Wildman–Crippen MR) is 106 cm³/mol. The smallest absolute Gasteiger partial charge is 0.221 e. The first kappa shape index (κ1) is 20.4. The molecule has 134 valence electrons. The van der Waals surface area contributed by atoms with E-state index >= 15 is 0 Å². The number of amides is 1. The second kappa shape index (κ2) is 10.2. The molecule has 0 aliphatic carbocycles. The Balaban J connectivity index is 2.50. The van der Waals surface area contributed by atoms with Gasteiger partial charge in [-0.1, -0.05) is 12.1 Å². The Labute approximate surface area is 150 Å². The number of thioether (sulfide) groups is 1. The monoisotopic (exact) mass is 350 g/mol. The van der Waals surface area contributed by atoms with Gasteiger partial charge in [0.25, 0.3) is 0 Å². The maximum atomic E-state index is 11.0. The fourth-order valence-corrected chi connectivity index (χ4v) is 2.15. The van der Waals surface area contributed by atoms with E-state index in [0.29, 0.717) is 0 Å². The van der Waals surface area contributed by atoms with Crippen molar-refractivity contribution in [1.82, 2.24) is 10.6 Å². The van der Waals surface area contributed by atoms with Crippen LogP contribution in [0.25, 0.3) is 0 Å². The molecule has 0 radical (unpaired) electrons. The van der Waals surface area contributed by atoms with Crippen LogP contribution < -0.4 is 16.0 Å². The number of hydrogen-bond acceptors (Lipinski definition) is 3. The highest BCUT2D eigenvalue weighted by Gasteiger charge is 2.15. The molecule has 0 fully saturated rings. The number of guanidine groups is 1. The summed E-state index contributed by atoms with van der Waals surface area (Å²) in [7, 11) is 0. The van der Waals surface area contributed by atoms with Crippen LogP contribution in [0, 0.1) is 0 Å². The standard InChI is InChI=1S/C18H30N4OS/c1-6-19-17(21-13-18(3,4)24-5)20-12-11-15-7-9-16(10-8-15)22-14(2)23/h7-10H,6,11-13H2,1-5H3,(H,22,23)(H2,19,20,21). The van der Waals surface area contributed by atoms with Gasteiger partial charge in [-0.15, -0.1) is 0 Å². The van der Waals surface area contributed by atoms with Crippen LogP contribution in [-0.4, -0.2) is 42.5 Å². The summed E-state index contributed by atoms with van der Waals surface area (Å²) in [5.74, 6) is 0.804. The molecule has 1 rings (SSSR count). The minimum atomic E-state index is -0.0518. The van der Waals surface area contributed by atoms with Crippen LogP contribution in [0.4, 0.5) is 5.69 Å². The zero-order valence-corrected chi connectivity index (χ0v) is 16.2. The summed E-state index contributed by atoms with van der Waals surface area (Å²) in [5.41, 5.74) is 2.05. The lowest BCUT2D eigenvalue weighted by molar-refractivity contribution is -0.114. The number of nitrogens with one attached hydrogen (secondary N) is 3. The van der Waals surface area contributed by atoms with Gasteiger partial charge in [-0.3, -0.25) is 9.79 Å². The molecular weight excluding hydrogens is 320 g/mol. The molecule has 0 saturated carbocycles.